The molecule has 2 aromatic rings. The van der Waals surface area contributed by atoms with E-state index in [4.69, 9.17) is 5.73 Å². The van der Waals surface area contributed by atoms with Gasteiger partial charge in [0.15, 0.2) is 0 Å². The fourth-order valence-corrected chi connectivity index (χ4v) is 4.84. The van der Waals surface area contributed by atoms with Gasteiger partial charge in [-0.1, -0.05) is 12.1 Å². The van der Waals surface area contributed by atoms with E-state index >= 15 is 0 Å². The summed E-state index contributed by atoms with van der Waals surface area (Å²) in [5.74, 6) is 0. The van der Waals surface area contributed by atoms with Gasteiger partial charge in [-0.3, -0.25) is 0 Å². The van der Waals surface area contributed by atoms with E-state index in [1.54, 1.807) is 18.2 Å². The zero-order valence-electron chi connectivity index (χ0n) is 13.5. The molecular weight excluding hydrogens is 376 g/mol. The number of halogens is 1. The van der Waals surface area contributed by atoms with Gasteiger partial charge in [0.05, 0.1) is 15.5 Å². The Kier molecular flexibility index (Phi) is 5.37. The molecule has 0 amide bonds. The molecule has 124 valence electrons. The average molecular weight is 397 g/mol. The van der Waals surface area contributed by atoms with Crippen molar-refractivity contribution < 1.29 is 8.42 Å². The summed E-state index contributed by atoms with van der Waals surface area (Å²) in [6, 6.07) is 10.3. The van der Waals surface area contributed by atoms with Crippen LogP contribution in [0.25, 0.3) is 0 Å². The number of sulfone groups is 1. The van der Waals surface area contributed by atoms with Gasteiger partial charge in [-0.05, 0) is 66.5 Å². The fourth-order valence-electron chi connectivity index (χ4n) is 2.59. The van der Waals surface area contributed by atoms with E-state index in [1.807, 2.05) is 43.9 Å². The molecule has 0 fully saturated rings. The molecule has 0 aromatic heterocycles. The molecule has 0 spiro atoms. The molecule has 23 heavy (non-hydrogen) atoms. The quantitative estimate of drug-likeness (QED) is 0.775. The number of nitrogen functional groups attached to an aromatic ring is 1. The highest BCUT2D eigenvalue weighted by molar-refractivity contribution is 9.10. The predicted octanol–water partition coefficient (Wildman–Crippen LogP) is 4.02. The number of rotatable bonds is 5. The number of nitrogens with zero attached hydrogens (tertiary/aromatic N) is 1. The lowest BCUT2D eigenvalue weighted by Gasteiger charge is -2.25. The first-order chi connectivity index (χ1) is 10.8. The van der Waals surface area contributed by atoms with Gasteiger partial charge >= 0.3 is 0 Å². The molecule has 2 N–H and O–H groups in total. The molecule has 0 aliphatic heterocycles. The molecule has 0 atom stereocenters. The number of aryl methyl sites for hydroxylation is 1. The Hall–Kier alpha value is -1.53. The number of benzene rings is 2. The van der Waals surface area contributed by atoms with Crippen LogP contribution in [-0.2, 0) is 9.84 Å². The molecular formula is C17H21BrN2O2S. The largest absolute Gasteiger partial charge is 0.398 e. The maximum Gasteiger partial charge on any atom is 0.208 e. The minimum atomic E-state index is -3.63. The second-order valence-electron chi connectivity index (χ2n) is 5.28. The Morgan fingerprint density at radius 1 is 1.13 bits per heavy atom. The van der Waals surface area contributed by atoms with E-state index in [9.17, 15) is 8.42 Å². The lowest BCUT2D eigenvalue weighted by Crippen LogP contribution is -2.24. The molecule has 0 heterocycles. The van der Waals surface area contributed by atoms with Crippen LogP contribution in [0.4, 0.5) is 11.4 Å². The molecule has 0 bridgehead atoms. The predicted molar refractivity (Wildman–Crippen MR) is 98.7 cm³/mol. The van der Waals surface area contributed by atoms with Crippen molar-refractivity contribution >= 4 is 37.1 Å². The number of hydrogen-bond acceptors (Lipinski definition) is 4. The summed E-state index contributed by atoms with van der Waals surface area (Å²) in [6.07, 6.45) is 0. The third kappa shape index (κ3) is 3.38. The van der Waals surface area contributed by atoms with Crippen molar-refractivity contribution in [2.24, 2.45) is 0 Å². The fraction of sp³-hybridized carbons (Fsp3) is 0.294. The lowest BCUT2D eigenvalue weighted by molar-refractivity contribution is 0.595. The van der Waals surface area contributed by atoms with E-state index in [0.717, 1.165) is 24.3 Å². The van der Waals surface area contributed by atoms with Crippen LogP contribution in [0, 0.1) is 6.92 Å². The molecule has 0 aliphatic carbocycles. The maximum absolute atomic E-state index is 13.2. The van der Waals surface area contributed by atoms with Gasteiger partial charge in [-0.2, -0.15) is 0 Å². The summed E-state index contributed by atoms with van der Waals surface area (Å²) in [6.45, 7) is 7.35. The van der Waals surface area contributed by atoms with Gasteiger partial charge in [0.1, 0.15) is 0 Å². The molecule has 0 aliphatic rings. The Labute approximate surface area is 146 Å². The third-order valence-electron chi connectivity index (χ3n) is 3.85. The SMILES string of the molecule is CCN(CC)c1cccc(C)c1S(=O)(=O)c1ccc(N)c(Br)c1. The highest BCUT2D eigenvalue weighted by atomic mass is 79.9. The highest BCUT2D eigenvalue weighted by Gasteiger charge is 2.25. The summed E-state index contributed by atoms with van der Waals surface area (Å²) in [4.78, 5) is 2.65. The second kappa shape index (κ2) is 6.93. The first-order valence-electron chi connectivity index (χ1n) is 7.47. The van der Waals surface area contributed by atoms with Crippen LogP contribution in [0.1, 0.15) is 19.4 Å². The molecule has 2 aromatic carbocycles. The monoisotopic (exact) mass is 396 g/mol. The van der Waals surface area contributed by atoms with E-state index in [0.29, 0.717) is 15.1 Å². The third-order valence-corrected chi connectivity index (χ3v) is 6.48. The van der Waals surface area contributed by atoms with Gasteiger partial charge in [-0.15, -0.1) is 0 Å². The number of anilines is 2. The molecule has 0 saturated heterocycles. The highest BCUT2D eigenvalue weighted by Crippen LogP contribution is 2.34. The Bertz CT molecular complexity index is 815. The van der Waals surface area contributed by atoms with E-state index in [1.165, 1.54) is 0 Å². The number of nitrogens with two attached hydrogens (primary N) is 1. The van der Waals surface area contributed by atoms with Crippen LogP contribution in [-0.4, -0.2) is 21.5 Å². The Morgan fingerprint density at radius 2 is 1.78 bits per heavy atom. The summed E-state index contributed by atoms with van der Waals surface area (Å²) < 4.78 is 27.0. The van der Waals surface area contributed by atoms with Crippen molar-refractivity contribution in [3.8, 4) is 0 Å². The first kappa shape index (κ1) is 17.8. The maximum atomic E-state index is 13.2. The normalized spacial score (nSPS) is 11.5. The zero-order valence-corrected chi connectivity index (χ0v) is 15.9. The van der Waals surface area contributed by atoms with Gasteiger partial charge in [0.2, 0.25) is 9.84 Å². The van der Waals surface area contributed by atoms with E-state index in [-0.39, 0.29) is 4.90 Å². The van der Waals surface area contributed by atoms with Crippen molar-refractivity contribution in [3.05, 3.63) is 46.4 Å². The van der Waals surface area contributed by atoms with Gasteiger partial charge in [-0.25, -0.2) is 8.42 Å². The van der Waals surface area contributed by atoms with Crippen LogP contribution in [0.3, 0.4) is 0 Å². The second-order valence-corrected chi connectivity index (χ2v) is 8.02. The summed E-state index contributed by atoms with van der Waals surface area (Å²) in [5, 5.41) is 0. The van der Waals surface area contributed by atoms with Gasteiger partial charge in [0, 0.05) is 23.2 Å². The summed E-state index contributed by atoms with van der Waals surface area (Å²) in [5.41, 5.74) is 7.76. The van der Waals surface area contributed by atoms with E-state index < -0.39 is 9.84 Å². The standard InChI is InChI=1S/C17H21BrN2O2S/c1-4-20(5-2)16-8-6-7-12(3)17(16)23(21,22)13-9-10-15(19)14(18)11-13/h6-11H,4-5,19H2,1-3H3. The Morgan fingerprint density at radius 3 is 2.35 bits per heavy atom. The van der Waals surface area contributed by atoms with Crippen molar-refractivity contribution in [3.63, 3.8) is 0 Å². The lowest BCUT2D eigenvalue weighted by atomic mass is 10.2. The minimum absolute atomic E-state index is 0.237. The van der Waals surface area contributed by atoms with Crippen molar-refractivity contribution in [1.82, 2.24) is 0 Å². The number of hydrogen-bond donors (Lipinski definition) is 1. The minimum Gasteiger partial charge on any atom is -0.398 e. The van der Waals surface area contributed by atoms with Crippen LogP contribution in [0.5, 0.6) is 0 Å². The van der Waals surface area contributed by atoms with Crippen LogP contribution >= 0.6 is 15.9 Å². The van der Waals surface area contributed by atoms with Gasteiger partial charge < -0.3 is 10.6 Å². The molecule has 2 rings (SSSR count). The molecule has 0 saturated carbocycles. The van der Waals surface area contributed by atoms with Gasteiger partial charge in [0.25, 0.3) is 0 Å². The van der Waals surface area contributed by atoms with Crippen molar-refractivity contribution in [2.75, 3.05) is 23.7 Å². The summed E-state index contributed by atoms with van der Waals surface area (Å²) >= 11 is 3.30. The van der Waals surface area contributed by atoms with Crippen LogP contribution in [0.2, 0.25) is 0 Å². The zero-order chi connectivity index (χ0) is 17.2. The molecule has 6 heteroatoms. The van der Waals surface area contributed by atoms with E-state index in [2.05, 4.69) is 15.9 Å². The van der Waals surface area contributed by atoms with Crippen LogP contribution in [0.15, 0.2) is 50.7 Å². The van der Waals surface area contributed by atoms with Crippen molar-refractivity contribution in [1.29, 1.82) is 0 Å². The molecule has 0 unspecified atom stereocenters. The smallest absolute Gasteiger partial charge is 0.208 e. The molecule has 0 radical (unpaired) electrons. The Balaban J connectivity index is 2.71. The first-order valence-corrected chi connectivity index (χ1v) is 9.75. The van der Waals surface area contributed by atoms with Crippen molar-refractivity contribution in [2.45, 2.75) is 30.6 Å². The van der Waals surface area contributed by atoms with Crippen LogP contribution < -0.4 is 10.6 Å². The molecule has 4 nitrogen and oxygen atoms in total. The topological polar surface area (TPSA) is 63.4 Å². The summed E-state index contributed by atoms with van der Waals surface area (Å²) in [7, 11) is -3.63. The average Bonchev–Trinajstić information content (AvgIpc) is 2.51.